The van der Waals surface area contributed by atoms with Gasteiger partial charge in [-0.3, -0.25) is 9.48 Å². The van der Waals surface area contributed by atoms with Gasteiger partial charge in [0, 0.05) is 11.3 Å². The van der Waals surface area contributed by atoms with Gasteiger partial charge in [-0.15, -0.1) is 0 Å². The van der Waals surface area contributed by atoms with Crippen molar-refractivity contribution in [1.29, 1.82) is 0 Å². The van der Waals surface area contributed by atoms with Crippen LogP contribution in [0.3, 0.4) is 0 Å². The number of ether oxygens (including phenoxy) is 2. The van der Waals surface area contributed by atoms with Crippen molar-refractivity contribution in [3.05, 3.63) is 95.7 Å². The predicted octanol–water partition coefficient (Wildman–Crippen LogP) is 4.69. The summed E-state index contributed by atoms with van der Waals surface area (Å²) in [7, 11) is 0. The third-order valence-electron chi connectivity index (χ3n) is 5.56. The fourth-order valence-electron chi connectivity index (χ4n) is 3.81. The minimum Gasteiger partial charge on any atom is -0.489 e. The maximum Gasteiger partial charge on any atom is 0.293 e. The quantitative estimate of drug-likeness (QED) is 0.404. The van der Waals surface area contributed by atoms with E-state index in [1.54, 1.807) is 0 Å². The third kappa shape index (κ3) is 3.92. The van der Waals surface area contributed by atoms with E-state index in [1.807, 2.05) is 53.3 Å². The Hall–Kier alpha value is -3.60. The molecule has 4 aromatic rings. The van der Waals surface area contributed by atoms with Crippen molar-refractivity contribution >= 4 is 17.4 Å². The van der Waals surface area contributed by atoms with Crippen molar-refractivity contribution in [2.24, 2.45) is 0 Å². The molecule has 2 atom stereocenters. The zero-order chi connectivity index (χ0) is 20.3. The zero-order valence-electron chi connectivity index (χ0n) is 16.5. The fourth-order valence-corrected chi connectivity index (χ4v) is 3.81. The van der Waals surface area contributed by atoms with Crippen LogP contribution in [-0.2, 0) is 22.7 Å². The average molecular weight is 398 g/mol. The summed E-state index contributed by atoms with van der Waals surface area (Å²) in [4.78, 5) is 10.4. The Kier molecular flexibility index (Phi) is 4.93. The Morgan fingerprint density at radius 1 is 1.00 bits per heavy atom. The lowest BCUT2D eigenvalue weighted by Crippen LogP contribution is -2.02. The minimum atomic E-state index is 0.0294. The lowest BCUT2D eigenvalue weighted by atomic mass is 10.1. The normalized spacial score (nSPS) is 17.6. The van der Waals surface area contributed by atoms with E-state index >= 15 is 0 Å². The van der Waals surface area contributed by atoms with Crippen LogP contribution in [0.5, 0.6) is 5.75 Å². The highest BCUT2D eigenvalue weighted by atomic mass is 16.5. The molecule has 5 nitrogen and oxygen atoms in total. The van der Waals surface area contributed by atoms with Crippen molar-refractivity contribution < 1.29 is 14.3 Å². The summed E-state index contributed by atoms with van der Waals surface area (Å²) in [6, 6.07) is 24.7. The van der Waals surface area contributed by atoms with Crippen molar-refractivity contribution in [1.82, 2.24) is 9.78 Å². The lowest BCUT2D eigenvalue weighted by Gasteiger charge is -2.09. The highest BCUT2D eigenvalue weighted by molar-refractivity contribution is 5.79. The van der Waals surface area contributed by atoms with Gasteiger partial charge >= 0.3 is 0 Å². The summed E-state index contributed by atoms with van der Waals surface area (Å²) in [6.07, 6.45) is 2.83. The van der Waals surface area contributed by atoms with E-state index in [9.17, 15) is 4.79 Å². The smallest absolute Gasteiger partial charge is 0.293 e. The van der Waals surface area contributed by atoms with Gasteiger partial charge in [-0.2, -0.15) is 5.10 Å². The molecule has 5 rings (SSSR count). The van der Waals surface area contributed by atoms with E-state index in [0.717, 1.165) is 35.2 Å². The lowest BCUT2D eigenvalue weighted by molar-refractivity contribution is -0.129. The molecule has 30 heavy (non-hydrogen) atoms. The number of nitrogens with zero attached hydrogens (tertiary/aromatic N) is 2. The standard InChI is InChI=1S/C25H22N2O3/c28-17-30-25-13-23(25)20-8-10-22(11-9-20)29-16-19-6-7-21-14-26-27(24(21)12-19)15-18-4-2-1-3-5-18/h1-12,14,17,23,25H,13,15-16H2. The van der Waals surface area contributed by atoms with E-state index in [4.69, 9.17) is 9.47 Å². The van der Waals surface area contributed by atoms with Crippen molar-refractivity contribution in [3.63, 3.8) is 0 Å². The molecule has 1 saturated carbocycles. The molecular weight excluding hydrogens is 376 g/mol. The highest BCUT2D eigenvalue weighted by Crippen LogP contribution is 2.43. The first-order valence-electron chi connectivity index (χ1n) is 10.1. The molecule has 3 aromatic carbocycles. The second kappa shape index (κ2) is 8.03. The number of carbonyl (C=O) groups is 1. The maximum atomic E-state index is 10.4. The van der Waals surface area contributed by atoms with Gasteiger partial charge in [0.05, 0.1) is 18.3 Å². The van der Waals surface area contributed by atoms with Gasteiger partial charge in [0.1, 0.15) is 18.5 Å². The molecule has 0 radical (unpaired) electrons. The molecule has 1 aromatic heterocycles. The van der Waals surface area contributed by atoms with Gasteiger partial charge in [0.2, 0.25) is 0 Å². The Bertz CT molecular complexity index is 1150. The summed E-state index contributed by atoms with van der Waals surface area (Å²) in [5, 5.41) is 5.67. The molecule has 1 heterocycles. The van der Waals surface area contributed by atoms with Gasteiger partial charge in [0.25, 0.3) is 6.47 Å². The highest BCUT2D eigenvalue weighted by Gasteiger charge is 2.40. The molecule has 1 aliphatic carbocycles. The predicted molar refractivity (Wildman–Crippen MR) is 114 cm³/mol. The molecule has 0 bridgehead atoms. The Balaban J connectivity index is 1.25. The number of fused-ring (bicyclic) bond motifs is 1. The zero-order valence-corrected chi connectivity index (χ0v) is 16.5. The van der Waals surface area contributed by atoms with E-state index in [1.165, 1.54) is 11.1 Å². The summed E-state index contributed by atoms with van der Waals surface area (Å²) < 4.78 is 13.0. The van der Waals surface area contributed by atoms with Crippen LogP contribution in [0.15, 0.2) is 79.0 Å². The van der Waals surface area contributed by atoms with Crippen LogP contribution in [0.4, 0.5) is 0 Å². The summed E-state index contributed by atoms with van der Waals surface area (Å²) in [5.74, 6) is 1.14. The third-order valence-corrected chi connectivity index (χ3v) is 5.56. The van der Waals surface area contributed by atoms with Crippen LogP contribution in [0.2, 0.25) is 0 Å². The number of hydrogen-bond acceptors (Lipinski definition) is 4. The molecule has 5 heteroatoms. The molecule has 0 saturated heterocycles. The Labute approximate surface area is 174 Å². The van der Waals surface area contributed by atoms with Gasteiger partial charge < -0.3 is 9.47 Å². The Morgan fingerprint density at radius 2 is 1.83 bits per heavy atom. The number of benzene rings is 3. The summed E-state index contributed by atoms with van der Waals surface area (Å²) in [5.41, 5.74) is 4.61. The number of rotatable bonds is 8. The Morgan fingerprint density at radius 3 is 2.63 bits per heavy atom. The average Bonchev–Trinajstić information content (AvgIpc) is 3.45. The van der Waals surface area contributed by atoms with Gasteiger partial charge in [-0.1, -0.05) is 54.6 Å². The van der Waals surface area contributed by atoms with E-state index < -0.39 is 0 Å². The maximum absolute atomic E-state index is 10.4. The molecule has 0 spiro atoms. The monoisotopic (exact) mass is 398 g/mol. The largest absolute Gasteiger partial charge is 0.489 e. The van der Waals surface area contributed by atoms with Crippen LogP contribution in [0.1, 0.15) is 29.0 Å². The second-order valence-electron chi connectivity index (χ2n) is 7.65. The summed E-state index contributed by atoms with van der Waals surface area (Å²) in [6.45, 7) is 1.77. The molecule has 150 valence electrons. The van der Waals surface area contributed by atoms with Crippen molar-refractivity contribution in [3.8, 4) is 5.75 Å². The van der Waals surface area contributed by atoms with Crippen LogP contribution >= 0.6 is 0 Å². The first kappa shape index (κ1) is 18.4. The van der Waals surface area contributed by atoms with Crippen molar-refractivity contribution in [2.75, 3.05) is 0 Å². The SMILES string of the molecule is O=COC1CC1c1ccc(OCc2ccc3cnn(Cc4ccccc4)c3c2)cc1. The second-order valence-corrected chi connectivity index (χ2v) is 7.65. The van der Waals surface area contributed by atoms with Crippen LogP contribution < -0.4 is 4.74 Å². The number of aromatic nitrogens is 2. The van der Waals surface area contributed by atoms with E-state index in [2.05, 4.69) is 35.4 Å². The van der Waals surface area contributed by atoms with Crippen LogP contribution in [0, 0.1) is 0 Å². The summed E-state index contributed by atoms with van der Waals surface area (Å²) >= 11 is 0. The minimum absolute atomic E-state index is 0.0294. The van der Waals surface area contributed by atoms with Gasteiger partial charge in [-0.05, 0) is 41.3 Å². The van der Waals surface area contributed by atoms with Gasteiger partial charge in [-0.25, -0.2) is 0 Å². The van der Waals surface area contributed by atoms with Crippen LogP contribution in [0.25, 0.3) is 10.9 Å². The fraction of sp³-hybridized carbons (Fsp3) is 0.200. The molecule has 0 N–H and O–H groups in total. The number of hydrogen-bond donors (Lipinski definition) is 0. The molecule has 1 fully saturated rings. The molecule has 0 aliphatic heterocycles. The topological polar surface area (TPSA) is 53.4 Å². The van der Waals surface area contributed by atoms with E-state index in [0.29, 0.717) is 19.0 Å². The van der Waals surface area contributed by atoms with Gasteiger partial charge in [0.15, 0.2) is 0 Å². The first-order chi connectivity index (χ1) is 14.8. The van der Waals surface area contributed by atoms with Crippen molar-refractivity contribution in [2.45, 2.75) is 31.6 Å². The molecular formula is C25H22N2O3. The van der Waals surface area contributed by atoms with Crippen LogP contribution in [-0.4, -0.2) is 22.4 Å². The first-order valence-corrected chi connectivity index (χ1v) is 10.1. The number of carbonyl (C=O) groups excluding carboxylic acids is 1. The molecule has 1 aliphatic rings. The molecule has 0 amide bonds. The molecule has 2 unspecified atom stereocenters. The van der Waals surface area contributed by atoms with E-state index in [-0.39, 0.29) is 6.10 Å².